The van der Waals surface area contributed by atoms with Gasteiger partial charge in [-0.25, -0.2) is 8.42 Å². The minimum absolute atomic E-state index is 0.181. The topological polar surface area (TPSA) is 99.0 Å². The van der Waals surface area contributed by atoms with Gasteiger partial charge in [-0.05, 0) is 36.4 Å². The van der Waals surface area contributed by atoms with Crippen LogP contribution in [0.2, 0.25) is 0 Å². The zero-order valence-electron chi connectivity index (χ0n) is 18.0. The predicted molar refractivity (Wildman–Crippen MR) is 119 cm³/mol. The number of benzene rings is 2. The lowest BCUT2D eigenvalue weighted by atomic mass is 10.3. The lowest BCUT2D eigenvalue weighted by Crippen LogP contribution is -2.37. The van der Waals surface area contributed by atoms with E-state index in [1.165, 1.54) is 16.4 Å². The largest absolute Gasteiger partial charge is 0.378 e. The Bertz CT molecular complexity index is 906. The molecule has 1 aliphatic rings. The van der Waals surface area contributed by atoms with Crippen LogP contribution in [0, 0.1) is 0 Å². The molecule has 1 aliphatic heterocycles. The fraction of sp³-hybridized carbons (Fsp3) is 0.455. The number of azo groups is 1. The molecule has 1 heterocycles. The van der Waals surface area contributed by atoms with Crippen molar-refractivity contribution in [3.05, 3.63) is 54.6 Å². The fourth-order valence-corrected chi connectivity index (χ4v) is 4.30. The Balaban J connectivity index is 1.64. The Labute approximate surface area is 189 Å². The summed E-state index contributed by atoms with van der Waals surface area (Å²) in [6, 6.07) is 15.7. The average molecular weight is 464 g/mol. The van der Waals surface area contributed by atoms with Crippen molar-refractivity contribution < 1.29 is 27.4 Å². The lowest BCUT2D eigenvalue weighted by molar-refractivity contribution is 0.00206. The van der Waals surface area contributed by atoms with Gasteiger partial charge in [-0.1, -0.05) is 18.2 Å². The van der Waals surface area contributed by atoms with Crippen molar-refractivity contribution in [3.8, 4) is 0 Å². The second-order valence-electron chi connectivity index (χ2n) is 6.88. The van der Waals surface area contributed by atoms with Gasteiger partial charge in [0.1, 0.15) is 0 Å². The predicted octanol–water partition coefficient (Wildman–Crippen LogP) is 3.17. The van der Waals surface area contributed by atoms with Crippen LogP contribution < -0.4 is 0 Å². The number of nitrogens with zero attached hydrogens (tertiary/aromatic N) is 3. The summed E-state index contributed by atoms with van der Waals surface area (Å²) in [4.78, 5) is 0.181. The van der Waals surface area contributed by atoms with E-state index in [-0.39, 0.29) is 31.2 Å². The summed E-state index contributed by atoms with van der Waals surface area (Å²) in [5, 5.41) is 8.31. The summed E-state index contributed by atoms with van der Waals surface area (Å²) in [5.74, 6) is 0. The molecule has 0 N–H and O–H groups in total. The zero-order chi connectivity index (χ0) is 22.5. The van der Waals surface area contributed by atoms with Crippen molar-refractivity contribution in [1.29, 1.82) is 0 Å². The SMILES string of the molecule is O=S(=O)(c1ccc(N=Nc2ccccc2)cc1)N1CCOCCOCCOCCOCC1. The number of rotatable bonds is 4. The van der Waals surface area contributed by atoms with Crippen LogP contribution in [0.15, 0.2) is 69.7 Å². The Kier molecular flexibility index (Phi) is 10.2. The first kappa shape index (κ1) is 24.4. The van der Waals surface area contributed by atoms with Crippen LogP contribution in [-0.2, 0) is 29.0 Å². The highest BCUT2D eigenvalue weighted by atomic mass is 32.2. The van der Waals surface area contributed by atoms with Gasteiger partial charge in [-0.15, -0.1) is 0 Å². The van der Waals surface area contributed by atoms with Gasteiger partial charge in [0.25, 0.3) is 0 Å². The third kappa shape index (κ3) is 8.05. The van der Waals surface area contributed by atoms with Gasteiger partial charge in [0, 0.05) is 13.1 Å². The van der Waals surface area contributed by atoms with Gasteiger partial charge < -0.3 is 18.9 Å². The van der Waals surface area contributed by atoms with E-state index >= 15 is 0 Å². The van der Waals surface area contributed by atoms with Crippen molar-refractivity contribution in [3.63, 3.8) is 0 Å². The van der Waals surface area contributed by atoms with Crippen molar-refractivity contribution >= 4 is 21.4 Å². The van der Waals surface area contributed by atoms with Gasteiger partial charge in [-0.2, -0.15) is 14.5 Å². The van der Waals surface area contributed by atoms with Crippen molar-refractivity contribution in [1.82, 2.24) is 4.31 Å². The summed E-state index contributed by atoms with van der Waals surface area (Å²) in [5.41, 5.74) is 1.29. The summed E-state index contributed by atoms with van der Waals surface area (Å²) < 4.78 is 49.6. The van der Waals surface area contributed by atoms with E-state index in [0.29, 0.717) is 45.3 Å². The molecule has 0 saturated carbocycles. The maximum atomic E-state index is 13.2. The van der Waals surface area contributed by atoms with E-state index < -0.39 is 10.0 Å². The third-order valence-electron chi connectivity index (χ3n) is 4.60. The van der Waals surface area contributed by atoms with Gasteiger partial charge >= 0.3 is 0 Å². The minimum Gasteiger partial charge on any atom is -0.378 e. The number of hydrogen-bond donors (Lipinski definition) is 0. The average Bonchev–Trinajstić information content (AvgIpc) is 2.83. The summed E-state index contributed by atoms with van der Waals surface area (Å²) in [6.45, 7) is 3.62. The molecule has 0 radical (unpaired) electrons. The standard InChI is InChI=1S/C22H29N3O6S/c26-32(27,22-8-6-21(7-9-22)24-23-20-4-2-1-3-5-20)25-10-12-28-14-16-30-18-19-31-17-15-29-13-11-25/h1-9H,10-19H2. The first-order chi connectivity index (χ1) is 15.7. The van der Waals surface area contributed by atoms with Gasteiger partial charge in [0.05, 0.1) is 69.1 Å². The molecule has 1 fully saturated rings. The zero-order valence-corrected chi connectivity index (χ0v) is 18.8. The maximum absolute atomic E-state index is 13.2. The first-order valence-electron chi connectivity index (χ1n) is 10.5. The summed E-state index contributed by atoms with van der Waals surface area (Å²) in [7, 11) is -3.72. The molecule has 2 aromatic carbocycles. The molecule has 0 spiro atoms. The van der Waals surface area contributed by atoms with E-state index in [2.05, 4.69) is 10.2 Å². The van der Waals surface area contributed by atoms with Crippen LogP contribution in [-0.4, -0.2) is 78.7 Å². The summed E-state index contributed by atoms with van der Waals surface area (Å²) in [6.07, 6.45) is 0. The van der Waals surface area contributed by atoms with Gasteiger partial charge in [0.2, 0.25) is 10.0 Å². The Morgan fingerprint density at radius 1 is 0.594 bits per heavy atom. The molecule has 0 bridgehead atoms. The molecular formula is C22H29N3O6S. The molecular weight excluding hydrogens is 434 g/mol. The van der Waals surface area contributed by atoms with Crippen molar-refractivity contribution in [2.75, 3.05) is 65.9 Å². The van der Waals surface area contributed by atoms with Crippen molar-refractivity contribution in [2.45, 2.75) is 4.90 Å². The quantitative estimate of drug-likeness (QED) is 0.646. The van der Waals surface area contributed by atoms with Gasteiger partial charge in [-0.3, -0.25) is 0 Å². The highest BCUT2D eigenvalue weighted by Crippen LogP contribution is 2.22. The van der Waals surface area contributed by atoms with E-state index in [1.54, 1.807) is 12.1 Å². The third-order valence-corrected chi connectivity index (χ3v) is 6.51. The van der Waals surface area contributed by atoms with Crippen LogP contribution in [0.1, 0.15) is 0 Å². The molecule has 3 rings (SSSR count). The molecule has 0 aliphatic carbocycles. The molecule has 0 amide bonds. The fourth-order valence-electron chi connectivity index (χ4n) is 2.89. The number of hydrogen-bond acceptors (Lipinski definition) is 8. The van der Waals surface area contributed by atoms with Crippen LogP contribution in [0.3, 0.4) is 0 Å². The number of sulfonamides is 1. The monoisotopic (exact) mass is 463 g/mol. The normalized spacial score (nSPS) is 18.8. The smallest absolute Gasteiger partial charge is 0.243 e. The summed E-state index contributed by atoms with van der Waals surface area (Å²) >= 11 is 0. The Hall–Kier alpha value is -2.21. The van der Waals surface area contributed by atoms with E-state index in [1.807, 2.05) is 30.3 Å². The van der Waals surface area contributed by atoms with E-state index in [9.17, 15) is 8.42 Å². The van der Waals surface area contributed by atoms with Gasteiger partial charge in [0.15, 0.2) is 0 Å². The molecule has 1 saturated heterocycles. The van der Waals surface area contributed by atoms with E-state index in [0.717, 1.165) is 5.69 Å². The van der Waals surface area contributed by atoms with E-state index in [4.69, 9.17) is 18.9 Å². The second-order valence-corrected chi connectivity index (χ2v) is 8.82. The second kappa shape index (κ2) is 13.4. The molecule has 9 nitrogen and oxygen atoms in total. The van der Waals surface area contributed by atoms with Crippen LogP contribution >= 0.6 is 0 Å². The molecule has 0 aromatic heterocycles. The van der Waals surface area contributed by atoms with Crippen LogP contribution in [0.4, 0.5) is 11.4 Å². The highest BCUT2D eigenvalue weighted by molar-refractivity contribution is 7.89. The van der Waals surface area contributed by atoms with Crippen molar-refractivity contribution in [2.24, 2.45) is 10.2 Å². The first-order valence-corrected chi connectivity index (χ1v) is 12.0. The molecule has 2 aromatic rings. The molecule has 0 atom stereocenters. The van der Waals surface area contributed by atoms with Crippen LogP contribution in [0.5, 0.6) is 0 Å². The Morgan fingerprint density at radius 2 is 1.03 bits per heavy atom. The molecule has 0 unspecified atom stereocenters. The Morgan fingerprint density at radius 3 is 1.53 bits per heavy atom. The lowest BCUT2D eigenvalue weighted by Gasteiger charge is -2.22. The molecule has 32 heavy (non-hydrogen) atoms. The molecule has 10 heteroatoms. The highest BCUT2D eigenvalue weighted by Gasteiger charge is 2.24. The minimum atomic E-state index is -3.72. The molecule has 174 valence electrons. The van der Waals surface area contributed by atoms with Crippen LogP contribution in [0.25, 0.3) is 0 Å². The number of ether oxygens (including phenoxy) is 4. The maximum Gasteiger partial charge on any atom is 0.243 e.